The average Bonchev–Trinajstić information content (AvgIpc) is 3.28. The smallest absolute Gasteiger partial charge is 0.220 e. The van der Waals surface area contributed by atoms with E-state index in [1.807, 2.05) is 6.08 Å². The normalized spacial score (nSPS) is 20.5. The molecule has 0 saturated carbocycles. The maximum Gasteiger partial charge on any atom is 0.220 e. The molecule has 1 saturated heterocycles. The van der Waals surface area contributed by atoms with E-state index >= 15 is 0 Å². The highest BCUT2D eigenvalue weighted by atomic mass is 16.7. The van der Waals surface area contributed by atoms with E-state index in [4.69, 9.17) is 9.47 Å². The lowest BCUT2D eigenvalue weighted by atomic mass is 9.99. The van der Waals surface area contributed by atoms with Gasteiger partial charge < -0.3 is 40.3 Å². The minimum absolute atomic E-state index is 0.196. The summed E-state index contributed by atoms with van der Waals surface area (Å²) in [6.07, 6.45) is 50.3. The number of allylic oxidation sites excluding steroid dienone is 7. The molecule has 7 atom stereocenters. The van der Waals surface area contributed by atoms with Crippen LogP contribution < -0.4 is 5.32 Å². The first kappa shape index (κ1) is 59.2. The number of amides is 1. The summed E-state index contributed by atoms with van der Waals surface area (Å²) >= 11 is 0. The van der Waals surface area contributed by atoms with Gasteiger partial charge in [-0.25, -0.2) is 0 Å². The van der Waals surface area contributed by atoms with Crippen LogP contribution in [0.1, 0.15) is 232 Å². The Morgan fingerprint density at radius 2 is 0.905 bits per heavy atom. The van der Waals surface area contributed by atoms with Gasteiger partial charge in [-0.15, -0.1) is 0 Å². The summed E-state index contributed by atoms with van der Waals surface area (Å²) in [5.41, 5.74) is 0. The van der Waals surface area contributed by atoms with Gasteiger partial charge in [0, 0.05) is 6.42 Å². The summed E-state index contributed by atoms with van der Waals surface area (Å²) in [7, 11) is 0. The molecule has 0 bridgehead atoms. The van der Waals surface area contributed by atoms with E-state index in [1.165, 1.54) is 154 Å². The van der Waals surface area contributed by atoms with Crippen LogP contribution in [0.3, 0.4) is 0 Å². The van der Waals surface area contributed by atoms with Gasteiger partial charge in [-0.2, -0.15) is 0 Å². The monoisotopic (exact) mass is 890 g/mol. The molecule has 63 heavy (non-hydrogen) atoms. The van der Waals surface area contributed by atoms with Crippen LogP contribution >= 0.6 is 0 Å². The Balaban J connectivity index is 2.31. The topological polar surface area (TPSA) is 149 Å². The van der Waals surface area contributed by atoms with Gasteiger partial charge in [-0.3, -0.25) is 4.79 Å². The van der Waals surface area contributed by atoms with Crippen molar-refractivity contribution < 1.29 is 39.8 Å². The zero-order valence-corrected chi connectivity index (χ0v) is 40.6. The molecular formula is C54H99NO8. The first-order valence-electron chi connectivity index (χ1n) is 26.4. The second-order valence-electron chi connectivity index (χ2n) is 18.3. The standard InChI is InChI=1S/C54H99NO8/c1-3-5-7-9-11-13-15-17-19-20-21-22-23-24-25-26-27-28-30-31-33-35-37-39-41-43-48(57)47(46-62-54-53(61)52(60)51(59)49(45-56)63-54)55-50(58)44-42-40-38-36-34-32-29-18-16-14-12-10-8-6-4-2/h14,16,27-28,33,35,41,43,47-49,51-54,56-57,59-61H,3-13,15,17-26,29-32,34,36-40,42,44-46H2,1-2H3,(H,55,58)/b16-14-,28-27+,35-33+,43-41+. The summed E-state index contributed by atoms with van der Waals surface area (Å²) in [6, 6.07) is -0.830. The molecule has 1 aliphatic heterocycles. The van der Waals surface area contributed by atoms with Crippen molar-refractivity contribution in [2.75, 3.05) is 13.2 Å². The largest absolute Gasteiger partial charge is 0.394 e. The first-order chi connectivity index (χ1) is 30.8. The van der Waals surface area contributed by atoms with Gasteiger partial charge in [0.2, 0.25) is 5.91 Å². The molecule has 7 unspecified atom stereocenters. The van der Waals surface area contributed by atoms with Crippen LogP contribution in [0.5, 0.6) is 0 Å². The molecule has 0 aromatic carbocycles. The molecule has 1 heterocycles. The maximum atomic E-state index is 13.0. The molecule has 1 amide bonds. The number of unbranched alkanes of at least 4 members (excludes halogenated alkanes) is 28. The number of aliphatic hydroxyl groups excluding tert-OH is 5. The third-order valence-electron chi connectivity index (χ3n) is 12.4. The summed E-state index contributed by atoms with van der Waals surface area (Å²) in [4.78, 5) is 13.0. The lowest BCUT2D eigenvalue weighted by molar-refractivity contribution is -0.302. The minimum Gasteiger partial charge on any atom is -0.394 e. The van der Waals surface area contributed by atoms with Crippen molar-refractivity contribution in [1.29, 1.82) is 0 Å². The molecule has 0 aromatic rings. The number of aliphatic hydroxyl groups is 5. The van der Waals surface area contributed by atoms with E-state index in [-0.39, 0.29) is 12.5 Å². The van der Waals surface area contributed by atoms with Gasteiger partial charge in [0.25, 0.3) is 0 Å². The minimum atomic E-state index is -1.58. The van der Waals surface area contributed by atoms with E-state index in [0.29, 0.717) is 6.42 Å². The predicted molar refractivity (Wildman–Crippen MR) is 263 cm³/mol. The molecular weight excluding hydrogens is 791 g/mol. The number of hydrogen-bond acceptors (Lipinski definition) is 8. The maximum absolute atomic E-state index is 13.0. The highest BCUT2D eigenvalue weighted by Crippen LogP contribution is 2.23. The van der Waals surface area contributed by atoms with Crippen LogP contribution in [-0.2, 0) is 14.3 Å². The number of carbonyl (C=O) groups is 1. The van der Waals surface area contributed by atoms with Crippen LogP contribution in [0.2, 0.25) is 0 Å². The van der Waals surface area contributed by atoms with Crippen LogP contribution in [0.15, 0.2) is 48.6 Å². The molecule has 0 radical (unpaired) electrons. The van der Waals surface area contributed by atoms with E-state index in [1.54, 1.807) is 6.08 Å². The summed E-state index contributed by atoms with van der Waals surface area (Å²) < 4.78 is 11.2. The summed E-state index contributed by atoms with van der Waals surface area (Å²) in [5, 5.41) is 54.3. The molecule has 1 fully saturated rings. The molecule has 368 valence electrons. The third-order valence-corrected chi connectivity index (χ3v) is 12.4. The average molecular weight is 890 g/mol. The van der Waals surface area contributed by atoms with E-state index in [0.717, 1.165) is 57.8 Å². The van der Waals surface area contributed by atoms with Crippen molar-refractivity contribution in [3.63, 3.8) is 0 Å². The molecule has 6 N–H and O–H groups in total. The quantitative estimate of drug-likeness (QED) is 0.0262. The zero-order valence-electron chi connectivity index (χ0n) is 40.6. The fourth-order valence-electron chi connectivity index (χ4n) is 8.12. The van der Waals surface area contributed by atoms with Crippen LogP contribution in [-0.4, -0.2) is 87.5 Å². The van der Waals surface area contributed by atoms with Crippen molar-refractivity contribution in [2.24, 2.45) is 0 Å². The number of nitrogens with one attached hydrogen (secondary N) is 1. The van der Waals surface area contributed by atoms with Crippen LogP contribution in [0.4, 0.5) is 0 Å². The van der Waals surface area contributed by atoms with Gasteiger partial charge in [0.15, 0.2) is 6.29 Å². The lowest BCUT2D eigenvalue weighted by Crippen LogP contribution is -2.60. The third kappa shape index (κ3) is 34.2. The number of carbonyl (C=O) groups excluding carboxylic acids is 1. The number of hydrogen-bond donors (Lipinski definition) is 6. The Labute approximate surface area is 386 Å². The Morgan fingerprint density at radius 3 is 1.35 bits per heavy atom. The van der Waals surface area contributed by atoms with Gasteiger partial charge in [0.05, 0.1) is 25.4 Å². The molecule has 0 aliphatic carbocycles. The molecule has 9 nitrogen and oxygen atoms in total. The van der Waals surface area contributed by atoms with E-state index in [9.17, 15) is 30.3 Å². The van der Waals surface area contributed by atoms with E-state index < -0.39 is 49.5 Å². The Morgan fingerprint density at radius 1 is 0.524 bits per heavy atom. The SMILES string of the molecule is CCCCCC/C=C\CCCCCCCCCC(=O)NC(COC1OC(CO)C(O)C(O)C1O)C(O)/C=C/CC/C=C/CC/C=C/CCCCCCCCCCCCCCCCC. The van der Waals surface area contributed by atoms with Crippen molar-refractivity contribution in [2.45, 2.75) is 275 Å². The van der Waals surface area contributed by atoms with Gasteiger partial charge in [-0.05, 0) is 70.6 Å². The molecule has 0 aromatic heterocycles. The van der Waals surface area contributed by atoms with Crippen molar-refractivity contribution in [3.8, 4) is 0 Å². The fraction of sp³-hybridized carbons (Fsp3) is 0.833. The van der Waals surface area contributed by atoms with Crippen molar-refractivity contribution in [3.05, 3.63) is 48.6 Å². The van der Waals surface area contributed by atoms with Crippen molar-refractivity contribution >= 4 is 5.91 Å². The van der Waals surface area contributed by atoms with Crippen LogP contribution in [0, 0.1) is 0 Å². The zero-order chi connectivity index (χ0) is 45.9. The second-order valence-corrected chi connectivity index (χ2v) is 18.3. The Kier molecular flexibility index (Phi) is 41.3. The Hall–Kier alpha value is -1.85. The molecule has 9 heteroatoms. The van der Waals surface area contributed by atoms with Gasteiger partial charge in [0.1, 0.15) is 24.4 Å². The molecule has 0 spiro atoms. The molecule has 1 aliphatic rings. The van der Waals surface area contributed by atoms with Crippen molar-refractivity contribution in [1.82, 2.24) is 5.32 Å². The highest BCUT2D eigenvalue weighted by Gasteiger charge is 2.44. The number of ether oxygens (including phenoxy) is 2. The highest BCUT2D eigenvalue weighted by molar-refractivity contribution is 5.76. The van der Waals surface area contributed by atoms with Gasteiger partial charge >= 0.3 is 0 Å². The Bertz CT molecular complexity index is 1130. The molecule has 1 rings (SSSR count). The summed E-state index contributed by atoms with van der Waals surface area (Å²) in [5.74, 6) is -0.196. The second kappa shape index (κ2) is 44.0. The number of rotatable bonds is 44. The van der Waals surface area contributed by atoms with E-state index in [2.05, 4.69) is 55.6 Å². The fourth-order valence-corrected chi connectivity index (χ4v) is 8.12. The van der Waals surface area contributed by atoms with Gasteiger partial charge in [-0.1, -0.05) is 204 Å². The summed E-state index contributed by atoms with van der Waals surface area (Å²) in [6.45, 7) is 3.75. The first-order valence-corrected chi connectivity index (χ1v) is 26.4. The predicted octanol–water partition coefficient (Wildman–Crippen LogP) is 12.2. The van der Waals surface area contributed by atoms with Crippen LogP contribution in [0.25, 0.3) is 0 Å². The lowest BCUT2D eigenvalue weighted by Gasteiger charge is -2.40.